The highest BCUT2D eigenvalue weighted by molar-refractivity contribution is 9.10. The van der Waals surface area contributed by atoms with Gasteiger partial charge in [-0.15, -0.1) is 0 Å². The maximum atomic E-state index is 12.9. The lowest BCUT2D eigenvalue weighted by Gasteiger charge is -2.26. The van der Waals surface area contributed by atoms with E-state index in [-0.39, 0.29) is 6.03 Å². The number of rotatable bonds is 5. The molecule has 178 valence electrons. The number of benzene rings is 2. The average Bonchev–Trinajstić information content (AvgIpc) is 3.09. The number of methoxy groups -OCH3 is 1. The number of aryl methyl sites for hydroxylation is 2. The molecule has 1 saturated heterocycles. The molecule has 0 radical (unpaired) electrons. The maximum Gasteiger partial charge on any atom is 0.321 e. The van der Waals surface area contributed by atoms with Crippen molar-refractivity contribution < 1.29 is 9.53 Å². The van der Waals surface area contributed by atoms with Crippen molar-refractivity contribution in [2.24, 2.45) is 0 Å². The number of ether oxygens (including phenoxy) is 1. The van der Waals surface area contributed by atoms with Crippen LogP contribution in [0.25, 0.3) is 0 Å². The van der Waals surface area contributed by atoms with Crippen LogP contribution in [-0.2, 0) is 6.42 Å². The van der Waals surface area contributed by atoms with E-state index in [1.165, 1.54) is 5.56 Å². The van der Waals surface area contributed by atoms with Gasteiger partial charge in [0.2, 0.25) is 0 Å². The van der Waals surface area contributed by atoms with Crippen LogP contribution in [0.3, 0.4) is 0 Å². The Morgan fingerprint density at radius 2 is 1.74 bits per heavy atom. The summed E-state index contributed by atoms with van der Waals surface area (Å²) in [5, 5.41) is 3.00. The number of halogens is 1. The van der Waals surface area contributed by atoms with Crippen molar-refractivity contribution in [1.29, 1.82) is 0 Å². The molecule has 0 aliphatic carbocycles. The van der Waals surface area contributed by atoms with Gasteiger partial charge in [-0.25, -0.2) is 14.8 Å². The van der Waals surface area contributed by atoms with Crippen molar-refractivity contribution in [3.63, 3.8) is 0 Å². The Kier molecular flexibility index (Phi) is 7.67. The van der Waals surface area contributed by atoms with E-state index in [9.17, 15) is 4.79 Å². The Bertz CT molecular complexity index is 1140. The molecule has 2 heterocycles. The first kappa shape index (κ1) is 24.0. The Morgan fingerprint density at radius 3 is 2.44 bits per heavy atom. The van der Waals surface area contributed by atoms with Gasteiger partial charge in [0.15, 0.2) is 0 Å². The molecule has 4 rings (SSSR count). The minimum absolute atomic E-state index is 0.0716. The number of amides is 2. The molecule has 0 bridgehead atoms. The summed E-state index contributed by atoms with van der Waals surface area (Å²) in [7, 11) is 1.67. The number of aromatic nitrogens is 2. The van der Waals surface area contributed by atoms with Crippen LogP contribution in [0.2, 0.25) is 0 Å². The van der Waals surface area contributed by atoms with E-state index < -0.39 is 0 Å². The molecule has 0 atom stereocenters. The van der Waals surface area contributed by atoms with Crippen molar-refractivity contribution in [1.82, 2.24) is 14.9 Å². The Hall–Kier alpha value is -3.13. The van der Waals surface area contributed by atoms with Gasteiger partial charge in [-0.1, -0.05) is 28.1 Å². The zero-order chi connectivity index (χ0) is 24.1. The molecule has 0 spiro atoms. The molecule has 1 aromatic heterocycles. The molecule has 8 heteroatoms. The van der Waals surface area contributed by atoms with Gasteiger partial charge >= 0.3 is 6.03 Å². The highest BCUT2D eigenvalue weighted by Gasteiger charge is 2.23. The smallest absolute Gasteiger partial charge is 0.321 e. The predicted octanol–water partition coefficient (Wildman–Crippen LogP) is 5.20. The molecule has 1 aliphatic rings. The van der Waals surface area contributed by atoms with Crippen LogP contribution in [0.1, 0.15) is 29.1 Å². The number of hydrogen-bond acceptors (Lipinski definition) is 5. The van der Waals surface area contributed by atoms with Gasteiger partial charge in [-0.05, 0) is 62.2 Å². The third-order valence-electron chi connectivity index (χ3n) is 6.02. The minimum Gasteiger partial charge on any atom is -0.497 e. The van der Waals surface area contributed by atoms with Crippen LogP contribution in [-0.4, -0.2) is 54.2 Å². The number of urea groups is 1. The highest BCUT2D eigenvalue weighted by atomic mass is 79.9. The summed E-state index contributed by atoms with van der Waals surface area (Å²) in [5.74, 6) is 2.57. The Labute approximate surface area is 209 Å². The van der Waals surface area contributed by atoms with Crippen molar-refractivity contribution >= 4 is 33.5 Å². The normalized spacial score (nSPS) is 14.0. The van der Waals surface area contributed by atoms with Crippen molar-refractivity contribution in [3.05, 3.63) is 75.6 Å². The summed E-state index contributed by atoms with van der Waals surface area (Å²) >= 11 is 3.43. The molecule has 0 saturated carbocycles. The highest BCUT2D eigenvalue weighted by Crippen LogP contribution is 2.26. The fraction of sp³-hybridized carbons (Fsp3) is 0.346. The van der Waals surface area contributed by atoms with E-state index in [4.69, 9.17) is 9.72 Å². The summed E-state index contributed by atoms with van der Waals surface area (Å²) in [5.41, 5.74) is 4.09. The van der Waals surface area contributed by atoms with Gasteiger partial charge in [-0.3, -0.25) is 0 Å². The van der Waals surface area contributed by atoms with Gasteiger partial charge < -0.3 is 19.9 Å². The fourth-order valence-corrected chi connectivity index (χ4v) is 4.47. The van der Waals surface area contributed by atoms with Crippen LogP contribution in [0.15, 0.2) is 53.0 Å². The number of anilines is 2. The van der Waals surface area contributed by atoms with Crippen LogP contribution >= 0.6 is 15.9 Å². The summed E-state index contributed by atoms with van der Waals surface area (Å²) in [6.07, 6.45) is 1.62. The molecule has 2 amide bonds. The number of carbonyl (C=O) groups excluding carboxylic acids is 1. The standard InChI is InChI=1S/C26H30BrN5O2/c1-18-24(17-20-5-11-23(34-3)12-6-20)25(29-19(2)28-18)31-13-4-14-32(16-15-31)26(33)30-22-9-7-21(27)8-10-22/h5-12H,4,13-17H2,1-3H3,(H,30,33). The van der Waals surface area contributed by atoms with E-state index in [0.717, 1.165) is 64.7 Å². The van der Waals surface area contributed by atoms with Crippen LogP contribution < -0.4 is 15.0 Å². The van der Waals surface area contributed by atoms with Gasteiger partial charge in [0.05, 0.1) is 7.11 Å². The van der Waals surface area contributed by atoms with Crippen LogP contribution in [0.5, 0.6) is 5.75 Å². The second kappa shape index (κ2) is 10.9. The molecule has 7 nitrogen and oxygen atoms in total. The lowest BCUT2D eigenvalue weighted by molar-refractivity contribution is 0.215. The average molecular weight is 524 g/mol. The fourth-order valence-electron chi connectivity index (χ4n) is 4.20. The summed E-state index contributed by atoms with van der Waals surface area (Å²) in [4.78, 5) is 26.5. The van der Waals surface area contributed by atoms with Gasteiger partial charge in [0.1, 0.15) is 17.4 Å². The zero-order valence-electron chi connectivity index (χ0n) is 19.8. The molecule has 34 heavy (non-hydrogen) atoms. The predicted molar refractivity (Wildman–Crippen MR) is 139 cm³/mol. The molecular formula is C26H30BrN5O2. The molecule has 0 unspecified atom stereocenters. The minimum atomic E-state index is -0.0716. The summed E-state index contributed by atoms with van der Waals surface area (Å²) in [6.45, 7) is 6.88. The van der Waals surface area contributed by atoms with E-state index >= 15 is 0 Å². The first-order valence-electron chi connectivity index (χ1n) is 11.5. The number of hydrogen-bond donors (Lipinski definition) is 1. The Morgan fingerprint density at radius 1 is 1.00 bits per heavy atom. The molecule has 1 aliphatic heterocycles. The first-order valence-corrected chi connectivity index (χ1v) is 12.3. The zero-order valence-corrected chi connectivity index (χ0v) is 21.4. The SMILES string of the molecule is COc1ccc(Cc2c(C)nc(C)nc2N2CCCN(C(=O)Nc3ccc(Br)cc3)CC2)cc1. The second-order valence-electron chi connectivity index (χ2n) is 8.45. The lowest BCUT2D eigenvalue weighted by atomic mass is 10.0. The van der Waals surface area contributed by atoms with Crippen LogP contribution in [0, 0.1) is 13.8 Å². The summed E-state index contributed by atoms with van der Waals surface area (Å²) in [6, 6.07) is 15.7. The van der Waals surface area contributed by atoms with Gasteiger partial charge in [0, 0.05) is 54.0 Å². The summed E-state index contributed by atoms with van der Waals surface area (Å²) < 4.78 is 6.27. The molecule has 3 aromatic rings. The Balaban J connectivity index is 1.49. The van der Waals surface area contributed by atoms with Gasteiger partial charge in [-0.2, -0.15) is 0 Å². The van der Waals surface area contributed by atoms with Crippen LogP contribution in [0.4, 0.5) is 16.3 Å². The molecular weight excluding hydrogens is 494 g/mol. The molecule has 1 fully saturated rings. The quantitative estimate of drug-likeness (QED) is 0.497. The topological polar surface area (TPSA) is 70.6 Å². The van der Waals surface area contributed by atoms with Crippen molar-refractivity contribution in [2.45, 2.75) is 26.7 Å². The van der Waals surface area contributed by atoms with E-state index in [1.807, 2.05) is 55.1 Å². The van der Waals surface area contributed by atoms with Gasteiger partial charge in [0.25, 0.3) is 0 Å². The third kappa shape index (κ3) is 5.86. The third-order valence-corrected chi connectivity index (χ3v) is 6.55. The van der Waals surface area contributed by atoms with Crippen molar-refractivity contribution in [2.75, 3.05) is 43.5 Å². The van der Waals surface area contributed by atoms with Crippen molar-refractivity contribution in [3.8, 4) is 5.75 Å². The second-order valence-corrected chi connectivity index (χ2v) is 9.36. The number of nitrogens with zero attached hydrogens (tertiary/aromatic N) is 4. The molecule has 1 N–H and O–H groups in total. The number of carbonyl (C=O) groups is 1. The largest absolute Gasteiger partial charge is 0.497 e. The van der Waals surface area contributed by atoms with E-state index in [2.05, 4.69) is 43.3 Å². The first-order chi connectivity index (χ1) is 16.4. The maximum absolute atomic E-state index is 12.9. The number of nitrogens with one attached hydrogen (secondary N) is 1. The van der Waals surface area contributed by atoms with E-state index in [0.29, 0.717) is 13.1 Å². The molecule has 2 aromatic carbocycles. The lowest BCUT2D eigenvalue weighted by Crippen LogP contribution is -2.38. The van der Waals surface area contributed by atoms with E-state index in [1.54, 1.807) is 7.11 Å². The monoisotopic (exact) mass is 523 g/mol.